The van der Waals surface area contributed by atoms with Crippen LogP contribution in [0.5, 0.6) is 0 Å². The first-order chi connectivity index (χ1) is 3.50. The molecular formula is C3H8N2O3. The maximum Gasteiger partial charge on any atom is 0.352 e. The van der Waals surface area contributed by atoms with Crippen LogP contribution in [0.3, 0.4) is 0 Å². The van der Waals surface area contributed by atoms with Crippen LogP contribution in [0.1, 0.15) is 6.92 Å². The zero-order valence-electron chi connectivity index (χ0n) is 4.42. The molecule has 1 unspecified atom stereocenters. The van der Waals surface area contributed by atoms with Crippen molar-refractivity contribution in [1.29, 1.82) is 0 Å². The van der Waals surface area contributed by atoms with Gasteiger partial charge in [-0.05, 0) is 6.92 Å². The normalized spacial score (nSPS) is 17.4. The van der Waals surface area contributed by atoms with Gasteiger partial charge in [-0.2, -0.15) is 0 Å². The van der Waals surface area contributed by atoms with Crippen LogP contribution in [0.15, 0.2) is 0 Å². The smallest absolute Gasteiger partial charge is 0.352 e. The second-order valence-electron chi connectivity index (χ2n) is 1.53. The molecule has 0 bridgehead atoms. The molecule has 8 heavy (non-hydrogen) atoms. The molecule has 5 N–H and O–H groups in total. The topological polar surface area (TPSA) is 98.6 Å². The molecule has 0 aromatic rings. The number of hydrogen-bond donors (Lipinski definition) is 3. The maximum absolute atomic E-state index is 9.92. The average Bonchev–Trinajstić information content (AvgIpc) is 1.67. The zero-order chi connectivity index (χ0) is 6.78. The van der Waals surface area contributed by atoms with Gasteiger partial charge in [0.1, 0.15) is 0 Å². The summed E-state index contributed by atoms with van der Waals surface area (Å²) >= 11 is 0. The van der Waals surface area contributed by atoms with Crippen molar-refractivity contribution in [2.24, 2.45) is 11.6 Å². The monoisotopic (exact) mass is 120 g/mol. The molecule has 0 aliphatic heterocycles. The fourth-order valence-electron chi connectivity index (χ4n) is 0.0504. The van der Waals surface area contributed by atoms with E-state index in [0.717, 1.165) is 6.92 Å². The number of hydrogen-bond acceptors (Lipinski definition) is 4. The number of nitrogens with two attached hydrogens (primary N) is 2. The number of carbonyl (C=O) groups is 1. The van der Waals surface area contributed by atoms with Gasteiger partial charge >= 0.3 is 5.97 Å². The molecule has 0 rings (SSSR count). The van der Waals surface area contributed by atoms with Crippen LogP contribution in [-0.4, -0.2) is 16.8 Å². The summed E-state index contributed by atoms with van der Waals surface area (Å²) in [6.07, 6.45) is 0. The van der Waals surface area contributed by atoms with E-state index in [1.165, 1.54) is 0 Å². The molecule has 0 aromatic heterocycles. The van der Waals surface area contributed by atoms with Gasteiger partial charge in [-0.1, -0.05) is 0 Å². The first-order valence-electron chi connectivity index (χ1n) is 1.91. The van der Waals surface area contributed by atoms with E-state index in [2.05, 4.69) is 10.7 Å². The first-order valence-corrected chi connectivity index (χ1v) is 1.91. The lowest BCUT2D eigenvalue weighted by atomic mass is 10.3. The number of aliphatic carboxylic acids is 1. The van der Waals surface area contributed by atoms with Gasteiger partial charge in [0.05, 0.1) is 0 Å². The lowest BCUT2D eigenvalue weighted by Gasteiger charge is -2.14. The number of rotatable bonds is 2. The molecule has 0 radical (unpaired) electrons. The third-order valence-electron chi connectivity index (χ3n) is 0.669. The standard InChI is InChI=1S/C3H8N2O3/c1-3(4,8-5)2(6)7/h4-5H2,1H3,(H,6,7). The second-order valence-corrected chi connectivity index (χ2v) is 1.53. The zero-order valence-corrected chi connectivity index (χ0v) is 4.42. The third-order valence-corrected chi connectivity index (χ3v) is 0.669. The van der Waals surface area contributed by atoms with Gasteiger partial charge in [0.2, 0.25) is 5.72 Å². The van der Waals surface area contributed by atoms with E-state index in [4.69, 9.17) is 10.8 Å². The van der Waals surface area contributed by atoms with E-state index in [9.17, 15) is 4.79 Å². The molecule has 1 atom stereocenters. The van der Waals surface area contributed by atoms with Gasteiger partial charge in [-0.25, -0.2) is 10.7 Å². The predicted molar refractivity (Wildman–Crippen MR) is 25.5 cm³/mol. The molecule has 0 aliphatic carbocycles. The Morgan fingerprint density at radius 2 is 2.25 bits per heavy atom. The Morgan fingerprint density at radius 3 is 2.25 bits per heavy atom. The highest BCUT2D eigenvalue weighted by Gasteiger charge is 2.27. The first kappa shape index (κ1) is 7.35. The van der Waals surface area contributed by atoms with Gasteiger partial charge in [-0.15, -0.1) is 0 Å². The molecule has 5 heteroatoms. The van der Waals surface area contributed by atoms with Crippen molar-refractivity contribution in [3.05, 3.63) is 0 Å². The van der Waals surface area contributed by atoms with E-state index < -0.39 is 11.7 Å². The SMILES string of the molecule is CC(N)(ON)C(=O)O. The highest BCUT2D eigenvalue weighted by Crippen LogP contribution is 1.94. The van der Waals surface area contributed by atoms with Gasteiger partial charge in [0.25, 0.3) is 0 Å². The average molecular weight is 120 g/mol. The summed E-state index contributed by atoms with van der Waals surface area (Å²) in [6, 6.07) is 0. The molecule has 5 nitrogen and oxygen atoms in total. The van der Waals surface area contributed by atoms with Crippen molar-refractivity contribution in [3.63, 3.8) is 0 Å². The van der Waals surface area contributed by atoms with E-state index in [0.29, 0.717) is 0 Å². The summed E-state index contributed by atoms with van der Waals surface area (Å²) in [5, 5.41) is 8.11. The fourth-order valence-corrected chi connectivity index (χ4v) is 0.0504. The van der Waals surface area contributed by atoms with E-state index in [1.54, 1.807) is 0 Å². The van der Waals surface area contributed by atoms with Crippen molar-refractivity contribution >= 4 is 5.97 Å². The molecule has 0 spiro atoms. The highest BCUT2D eigenvalue weighted by atomic mass is 16.7. The van der Waals surface area contributed by atoms with Crippen LogP contribution >= 0.6 is 0 Å². The molecule has 0 heterocycles. The Balaban J connectivity index is 3.91. The minimum Gasteiger partial charge on any atom is -0.478 e. The van der Waals surface area contributed by atoms with Crippen LogP contribution in [0.25, 0.3) is 0 Å². The summed E-state index contributed by atoms with van der Waals surface area (Å²) in [7, 11) is 0. The Labute approximate surface area is 46.2 Å². The minimum atomic E-state index is -1.76. The lowest BCUT2D eigenvalue weighted by molar-refractivity contribution is -0.163. The second kappa shape index (κ2) is 2.08. The van der Waals surface area contributed by atoms with Gasteiger partial charge in [0, 0.05) is 0 Å². The van der Waals surface area contributed by atoms with E-state index in [-0.39, 0.29) is 0 Å². The molecule has 0 amide bonds. The van der Waals surface area contributed by atoms with Gasteiger partial charge in [0.15, 0.2) is 0 Å². The minimum absolute atomic E-state index is 1.15. The maximum atomic E-state index is 9.92. The summed E-state index contributed by atoms with van der Waals surface area (Å²) in [6.45, 7) is 1.15. The molecule has 0 fully saturated rings. The summed E-state index contributed by atoms with van der Waals surface area (Å²) < 4.78 is 0. The Hall–Kier alpha value is -0.650. The van der Waals surface area contributed by atoms with Crippen LogP contribution < -0.4 is 11.6 Å². The summed E-state index contributed by atoms with van der Waals surface area (Å²) in [5.41, 5.74) is 3.15. The van der Waals surface area contributed by atoms with Gasteiger partial charge < -0.3 is 5.11 Å². The molecule has 48 valence electrons. The lowest BCUT2D eigenvalue weighted by Crippen LogP contribution is -2.49. The largest absolute Gasteiger partial charge is 0.478 e. The number of carboxylic acids is 1. The summed E-state index contributed by atoms with van der Waals surface area (Å²) in [4.78, 5) is 13.8. The van der Waals surface area contributed by atoms with E-state index >= 15 is 0 Å². The van der Waals surface area contributed by atoms with Crippen LogP contribution in [0, 0.1) is 0 Å². The Bertz CT molecular complexity index is 101. The fraction of sp³-hybridized carbons (Fsp3) is 0.667. The van der Waals surface area contributed by atoms with Crippen molar-refractivity contribution in [1.82, 2.24) is 0 Å². The van der Waals surface area contributed by atoms with E-state index in [1.807, 2.05) is 0 Å². The molecule has 0 aliphatic rings. The van der Waals surface area contributed by atoms with Crippen molar-refractivity contribution in [2.75, 3.05) is 0 Å². The molecule has 0 saturated heterocycles. The highest BCUT2D eigenvalue weighted by molar-refractivity contribution is 5.75. The van der Waals surface area contributed by atoms with Crippen LogP contribution in [0.4, 0.5) is 0 Å². The van der Waals surface area contributed by atoms with Crippen molar-refractivity contribution < 1.29 is 14.7 Å². The van der Waals surface area contributed by atoms with Crippen LogP contribution in [0.2, 0.25) is 0 Å². The number of carboxylic acid groups (broad SMARTS) is 1. The van der Waals surface area contributed by atoms with Crippen LogP contribution in [-0.2, 0) is 9.63 Å². The summed E-state index contributed by atoms with van der Waals surface area (Å²) in [5.74, 6) is 3.21. The molecule has 0 aromatic carbocycles. The van der Waals surface area contributed by atoms with Crippen molar-refractivity contribution in [3.8, 4) is 0 Å². The molecule has 0 saturated carbocycles. The quantitative estimate of drug-likeness (QED) is 0.308. The predicted octanol–water partition coefficient (Wildman–Crippen LogP) is -1.36. The van der Waals surface area contributed by atoms with Crippen molar-refractivity contribution in [2.45, 2.75) is 12.6 Å². The third kappa shape index (κ3) is 1.45. The Kier molecular flexibility index (Phi) is 1.91. The van der Waals surface area contributed by atoms with Gasteiger partial charge in [-0.3, -0.25) is 10.6 Å². The molecular weight excluding hydrogens is 112 g/mol. The Morgan fingerprint density at radius 1 is 1.88 bits per heavy atom.